The van der Waals surface area contributed by atoms with Gasteiger partial charge in [0.25, 0.3) is 0 Å². The second-order valence-corrected chi connectivity index (χ2v) is 7.84. The van der Waals surface area contributed by atoms with Crippen molar-refractivity contribution in [3.05, 3.63) is 43.3 Å². The normalized spacial score (nSPS) is 26.3. The zero-order valence-corrected chi connectivity index (χ0v) is 14.9. The van der Waals surface area contributed by atoms with Gasteiger partial charge in [-0.25, -0.2) is 0 Å². The van der Waals surface area contributed by atoms with Crippen molar-refractivity contribution in [1.29, 1.82) is 0 Å². The van der Waals surface area contributed by atoms with Crippen LogP contribution in [0.3, 0.4) is 0 Å². The van der Waals surface area contributed by atoms with Gasteiger partial charge in [0.2, 0.25) is 0 Å². The number of rotatable bonds is 2. The van der Waals surface area contributed by atoms with Gasteiger partial charge in [-0.3, -0.25) is 0 Å². The Morgan fingerprint density at radius 3 is 2.68 bits per heavy atom. The van der Waals surface area contributed by atoms with Gasteiger partial charge < -0.3 is 5.32 Å². The standard InChI is InChI=1S/C15H17Br2NS/c1-2-9-6-7-10(14-15(9)19-8-18-14)13-11(16)4-3-5-12(13)17/h3-5,9-10,18H,2,6-8H2,1H3. The molecule has 2 atom stereocenters. The van der Waals surface area contributed by atoms with Crippen LogP contribution in [0.1, 0.15) is 37.7 Å². The Morgan fingerprint density at radius 2 is 2.00 bits per heavy atom. The molecule has 1 N–H and O–H groups in total. The van der Waals surface area contributed by atoms with Crippen LogP contribution in [-0.4, -0.2) is 5.88 Å². The van der Waals surface area contributed by atoms with Crippen molar-refractivity contribution in [2.75, 3.05) is 5.88 Å². The Labute approximate surface area is 135 Å². The second-order valence-electron chi connectivity index (χ2n) is 5.11. The lowest BCUT2D eigenvalue weighted by molar-refractivity contribution is 0.466. The summed E-state index contributed by atoms with van der Waals surface area (Å²) in [6, 6.07) is 6.38. The van der Waals surface area contributed by atoms with E-state index in [1.54, 1.807) is 4.91 Å². The molecule has 3 rings (SSSR count). The van der Waals surface area contributed by atoms with Gasteiger partial charge in [-0.05, 0) is 42.9 Å². The molecule has 1 aliphatic heterocycles. The Hall–Kier alpha value is 0.0700. The van der Waals surface area contributed by atoms with Crippen molar-refractivity contribution in [2.45, 2.75) is 32.1 Å². The molecular weight excluding hydrogens is 386 g/mol. The third kappa shape index (κ3) is 2.52. The van der Waals surface area contributed by atoms with E-state index in [-0.39, 0.29) is 0 Å². The largest absolute Gasteiger partial charge is 0.378 e. The van der Waals surface area contributed by atoms with Crippen LogP contribution in [-0.2, 0) is 0 Å². The van der Waals surface area contributed by atoms with Gasteiger partial charge in [0.05, 0.1) is 5.88 Å². The van der Waals surface area contributed by atoms with E-state index in [1.165, 1.54) is 39.5 Å². The molecule has 0 radical (unpaired) electrons. The van der Waals surface area contributed by atoms with Crippen LogP contribution in [0.15, 0.2) is 37.7 Å². The molecule has 0 aromatic heterocycles. The van der Waals surface area contributed by atoms with Gasteiger partial charge >= 0.3 is 0 Å². The quantitative estimate of drug-likeness (QED) is 0.688. The number of hydrogen-bond acceptors (Lipinski definition) is 2. The van der Waals surface area contributed by atoms with E-state index in [0.29, 0.717) is 5.92 Å². The van der Waals surface area contributed by atoms with Crippen LogP contribution >= 0.6 is 43.6 Å². The van der Waals surface area contributed by atoms with E-state index >= 15 is 0 Å². The molecule has 0 fully saturated rings. The average molecular weight is 403 g/mol. The van der Waals surface area contributed by atoms with Gasteiger partial charge in [0, 0.05) is 25.5 Å². The van der Waals surface area contributed by atoms with Crippen LogP contribution in [0.2, 0.25) is 0 Å². The molecule has 1 aliphatic carbocycles. The summed E-state index contributed by atoms with van der Waals surface area (Å²) >= 11 is 9.46. The highest BCUT2D eigenvalue weighted by Crippen LogP contribution is 2.49. The third-order valence-electron chi connectivity index (χ3n) is 4.12. The summed E-state index contributed by atoms with van der Waals surface area (Å²) in [5.41, 5.74) is 2.88. The first kappa shape index (κ1) is 14.0. The van der Waals surface area contributed by atoms with E-state index in [0.717, 1.165) is 11.8 Å². The van der Waals surface area contributed by atoms with Crippen LogP contribution in [0.25, 0.3) is 0 Å². The van der Waals surface area contributed by atoms with Crippen molar-refractivity contribution in [1.82, 2.24) is 5.32 Å². The maximum absolute atomic E-state index is 3.72. The Balaban J connectivity index is 2.04. The predicted octanol–water partition coefficient (Wildman–Crippen LogP) is 5.62. The number of hydrogen-bond donors (Lipinski definition) is 1. The first-order chi connectivity index (χ1) is 9.22. The molecule has 0 saturated heterocycles. The van der Waals surface area contributed by atoms with Crippen molar-refractivity contribution >= 4 is 43.6 Å². The van der Waals surface area contributed by atoms with Crippen LogP contribution in [0, 0.1) is 5.92 Å². The molecule has 1 aromatic rings. The molecule has 0 saturated carbocycles. The monoisotopic (exact) mass is 401 g/mol. The molecule has 0 bridgehead atoms. The summed E-state index contributed by atoms with van der Waals surface area (Å²) in [5, 5.41) is 3.63. The molecule has 1 heterocycles. The van der Waals surface area contributed by atoms with E-state index < -0.39 is 0 Å². The van der Waals surface area contributed by atoms with Gasteiger partial charge in [0.1, 0.15) is 0 Å². The van der Waals surface area contributed by atoms with Crippen molar-refractivity contribution < 1.29 is 0 Å². The smallest absolute Gasteiger partial charge is 0.0652 e. The lowest BCUT2D eigenvalue weighted by Crippen LogP contribution is -2.22. The van der Waals surface area contributed by atoms with Crippen molar-refractivity contribution in [3.63, 3.8) is 0 Å². The maximum Gasteiger partial charge on any atom is 0.0652 e. The molecule has 1 nitrogen and oxygen atoms in total. The maximum atomic E-state index is 3.72. The second kappa shape index (κ2) is 5.82. The van der Waals surface area contributed by atoms with Gasteiger partial charge in [-0.15, -0.1) is 11.8 Å². The molecule has 4 heteroatoms. The number of nitrogens with one attached hydrogen (secondary N) is 1. The first-order valence-corrected chi connectivity index (χ1v) is 9.34. The van der Waals surface area contributed by atoms with E-state index in [4.69, 9.17) is 0 Å². The lowest BCUT2D eigenvalue weighted by atomic mass is 9.80. The number of halogens is 2. The molecule has 19 heavy (non-hydrogen) atoms. The summed E-state index contributed by atoms with van der Waals surface area (Å²) in [7, 11) is 0. The summed E-state index contributed by atoms with van der Waals surface area (Å²) in [5.74, 6) is 2.32. The molecule has 2 aliphatic rings. The van der Waals surface area contributed by atoms with Crippen molar-refractivity contribution in [2.24, 2.45) is 5.92 Å². The van der Waals surface area contributed by atoms with Gasteiger partial charge in [-0.2, -0.15) is 0 Å². The van der Waals surface area contributed by atoms with E-state index in [2.05, 4.69) is 62.3 Å². The number of allylic oxidation sites excluding steroid dienone is 2. The predicted molar refractivity (Wildman–Crippen MR) is 90.2 cm³/mol. The summed E-state index contributed by atoms with van der Waals surface area (Å²) < 4.78 is 2.43. The Morgan fingerprint density at radius 1 is 1.26 bits per heavy atom. The van der Waals surface area contributed by atoms with Gasteiger partial charge in [-0.1, -0.05) is 44.8 Å². The van der Waals surface area contributed by atoms with Gasteiger partial charge in [0.15, 0.2) is 0 Å². The highest BCUT2D eigenvalue weighted by molar-refractivity contribution is 9.11. The minimum Gasteiger partial charge on any atom is -0.378 e. The van der Waals surface area contributed by atoms with E-state index in [1.807, 2.05) is 11.8 Å². The highest BCUT2D eigenvalue weighted by Gasteiger charge is 2.34. The molecule has 2 unspecified atom stereocenters. The number of benzene rings is 1. The summed E-state index contributed by atoms with van der Waals surface area (Å²) in [6.45, 7) is 2.31. The Kier molecular flexibility index (Phi) is 4.30. The minimum atomic E-state index is 0.512. The molecule has 0 spiro atoms. The van der Waals surface area contributed by atoms with Crippen LogP contribution in [0.4, 0.5) is 0 Å². The third-order valence-corrected chi connectivity index (χ3v) is 6.66. The zero-order valence-electron chi connectivity index (χ0n) is 10.9. The first-order valence-electron chi connectivity index (χ1n) is 6.77. The minimum absolute atomic E-state index is 0.512. The van der Waals surface area contributed by atoms with E-state index in [9.17, 15) is 0 Å². The molecule has 102 valence electrons. The SMILES string of the molecule is CCC1CCC(c2c(Br)cccc2Br)C2=C1SCN2. The molecular formula is C15H17Br2NS. The Bertz CT molecular complexity index is 507. The van der Waals surface area contributed by atoms with Crippen LogP contribution in [0.5, 0.6) is 0 Å². The topological polar surface area (TPSA) is 12.0 Å². The highest BCUT2D eigenvalue weighted by atomic mass is 79.9. The number of thioether (sulfide) groups is 1. The van der Waals surface area contributed by atoms with Crippen LogP contribution < -0.4 is 5.32 Å². The molecule has 1 aromatic carbocycles. The fourth-order valence-electron chi connectivity index (χ4n) is 3.15. The summed E-state index contributed by atoms with van der Waals surface area (Å²) in [6.07, 6.45) is 3.81. The fourth-order valence-corrected chi connectivity index (χ4v) is 5.98. The molecule has 0 amide bonds. The summed E-state index contributed by atoms with van der Waals surface area (Å²) in [4.78, 5) is 1.61. The zero-order chi connectivity index (χ0) is 13.4. The average Bonchev–Trinajstić information content (AvgIpc) is 2.88. The lowest BCUT2D eigenvalue weighted by Gasteiger charge is -2.31. The van der Waals surface area contributed by atoms with Crippen molar-refractivity contribution in [3.8, 4) is 0 Å². The fraction of sp³-hybridized carbons (Fsp3) is 0.467.